The molecule has 0 aliphatic carbocycles. The second-order valence-corrected chi connectivity index (χ2v) is 4.89. The first-order valence-corrected chi connectivity index (χ1v) is 6.10. The van der Waals surface area contributed by atoms with E-state index in [1.807, 2.05) is 6.92 Å². The molecule has 0 aromatic heterocycles. The van der Waals surface area contributed by atoms with Gasteiger partial charge >= 0.3 is 8.25 Å². The van der Waals surface area contributed by atoms with Crippen LogP contribution in [0.25, 0.3) is 0 Å². The molecular weight excluding hydrogens is 191 g/mol. The molecule has 0 bridgehead atoms. The minimum atomic E-state index is -2.44. The van der Waals surface area contributed by atoms with E-state index in [9.17, 15) is 4.57 Å². The van der Waals surface area contributed by atoms with Gasteiger partial charge in [0.25, 0.3) is 0 Å². The van der Waals surface area contributed by atoms with Crippen molar-refractivity contribution in [1.29, 1.82) is 0 Å². The summed E-state index contributed by atoms with van der Waals surface area (Å²) in [5, 5.41) is 0.458. The third kappa shape index (κ3) is 6.83. The average molecular weight is 201 g/mol. The lowest BCUT2D eigenvalue weighted by molar-refractivity contribution is 0.434. The molecule has 1 N–H and O–H groups in total. The van der Waals surface area contributed by atoms with Crippen LogP contribution in [-0.4, -0.2) is 10.1 Å². The van der Waals surface area contributed by atoms with Crippen molar-refractivity contribution in [3.63, 3.8) is 0 Å². The van der Waals surface area contributed by atoms with E-state index in [1.165, 1.54) is 10.8 Å². The lowest BCUT2D eigenvalue weighted by Gasteiger charge is -2.00. The fraction of sp³-hybridized carbons (Fsp3) is 1.00. The van der Waals surface area contributed by atoms with Crippen LogP contribution in [0.4, 0.5) is 0 Å². The van der Waals surface area contributed by atoms with Crippen LogP contribution < -0.4 is 0 Å². The molecule has 0 fully saturated rings. The summed E-state index contributed by atoms with van der Waals surface area (Å²) in [6.07, 6.45) is 1.03. The normalized spacial score (nSPS) is 14.9. The van der Waals surface area contributed by atoms with Crippen molar-refractivity contribution in [2.24, 2.45) is 0 Å². The van der Waals surface area contributed by atoms with Crippen LogP contribution in [0.1, 0.15) is 20.3 Å². The van der Waals surface area contributed by atoms with E-state index in [-0.39, 0.29) is 0 Å². The third-order valence-electron chi connectivity index (χ3n) is 0.873. The Hall–Kier alpha value is 0.720. The van der Waals surface area contributed by atoms with Crippen LogP contribution in [0.2, 0.25) is 0 Å². The van der Waals surface area contributed by atoms with Gasteiger partial charge in [0, 0.05) is 9.81 Å². The van der Waals surface area contributed by atoms with E-state index in [0.29, 0.717) is 5.25 Å². The van der Waals surface area contributed by atoms with Gasteiger partial charge in [0.1, 0.15) is 11.1 Å². The third-order valence-corrected chi connectivity index (χ3v) is 4.14. The summed E-state index contributed by atoms with van der Waals surface area (Å²) in [7, 11) is -0.989. The standard InChI is InChI=1S/C4H9O3PS2/c1-3-4(2)9-10-7-8(5)6/h4H,3H2,1-2H3/p+1. The maximum atomic E-state index is 9.96. The van der Waals surface area contributed by atoms with Crippen LogP contribution in [-0.2, 0) is 8.54 Å². The quantitative estimate of drug-likeness (QED) is 0.421. The molecule has 0 aliphatic rings. The minimum Gasteiger partial charge on any atom is -0.133 e. The van der Waals surface area contributed by atoms with Gasteiger partial charge in [-0.15, -0.1) is 4.89 Å². The van der Waals surface area contributed by atoms with E-state index in [2.05, 4.69) is 10.9 Å². The smallest absolute Gasteiger partial charge is 0.133 e. The van der Waals surface area contributed by atoms with Gasteiger partial charge in [0.05, 0.1) is 0 Å². The fourth-order valence-corrected chi connectivity index (χ4v) is 2.39. The molecule has 2 atom stereocenters. The summed E-state index contributed by atoms with van der Waals surface area (Å²) in [6, 6.07) is 0. The maximum absolute atomic E-state index is 9.96. The van der Waals surface area contributed by atoms with Gasteiger partial charge in [-0.25, -0.2) is 0 Å². The first kappa shape index (κ1) is 10.7. The summed E-state index contributed by atoms with van der Waals surface area (Å²) in [4.78, 5) is 8.19. The zero-order valence-electron chi connectivity index (χ0n) is 5.81. The highest BCUT2D eigenvalue weighted by Crippen LogP contribution is 2.36. The molecule has 0 aliphatic heterocycles. The highest BCUT2D eigenvalue weighted by molar-refractivity contribution is 8.75. The topological polar surface area (TPSA) is 46.5 Å². The molecule has 6 heteroatoms. The lowest BCUT2D eigenvalue weighted by atomic mass is 10.4. The molecule has 0 spiro atoms. The Morgan fingerprint density at radius 1 is 1.80 bits per heavy atom. The van der Waals surface area contributed by atoms with Gasteiger partial charge in [0.2, 0.25) is 0 Å². The Bertz CT molecular complexity index is 111. The zero-order valence-corrected chi connectivity index (χ0v) is 8.34. The summed E-state index contributed by atoms with van der Waals surface area (Å²) >= 11 is 0.977. The van der Waals surface area contributed by atoms with Crippen molar-refractivity contribution in [3.05, 3.63) is 0 Å². The van der Waals surface area contributed by atoms with Crippen molar-refractivity contribution < 1.29 is 13.4 Å². The fourth-order valence-electron chi connectivity index (χ4n) is 0.179. The molecule has 0 aromatic rings. The summed E-state index contributed by atoms with van der Waals surface area (Å²) < 4.78 is 14.3. The van der Waals surface area contributed by atoms with Gasteiger partial charge in [-0.1, -0.05) is 24.6 Å². The predicted molar refractivity (Wildman–Crippen MR) is 45.8 cm³/mol. The lowest BCUT2D eigenvalue weighted by Crippen LogP contribution is -1.87. The Balaban J connectivity index is 3.11. The Kier molecular flexibility index (Phi) is 6.89. The molecule has 0 rings (SSSR count). The van der Waals surface area contributed by atoms with E-state index in [4.69, 9.17) is 4.89 Å². The van der Waals surface area contributed by atoms with Gasteiger partial charge in [-0.05, 0) is 10.4 Å². The number of hydrogen-bond donors (Lipinski definition) is 1. The molecule has 0 radical (unpaired) electrons. The van der Waals surface area contributed by atoms with E-state index in [0.717, 1.165) is 17.5 Å². The van der Waals surface area contributed by atoms with Crippen molar-refractivity contribution in [3.8, 4) is 0 Å². The monoisotopic (exact) mass is 201 g/mol. The zero-order chi connectivity index (χ0) is 7.98. The second kappa shape index (κ2) is 6.43. The SMILES string of the molecule is CCC(C)SSO[P+](=O)O. The Labute approximate surface area is 69.5 Å². The largest absolute Gasteiger partial charge is 0.708 e. The van der Waals surface area contributed by atoms with Crippen LogP contribution in [0.15, 0.2) is 0 Å². The molecule has 60 valence electrons. The molecule has 3 nitrogen and oxygen atoms in total. The minimum absolute atomic E-state index is 0.458. The molecule has 0 aromatic carbocycles. The Morgan fingerprint density at radius 2 is 2.40 bits per heavy atom. The highest BCUT2D eigenvalue weighted by Gasteiger charge is 2.14. The second-order valence-electron chi connectivity index (χ2n) is 1.70. The summed E-state index contributed by atoms with van der Waals surface area (Å²) in [6.45, 7) is 4.09. The van der Waals surface area contributed by atoms with Crippen molar-refractivity contribution in [2.45, 2.75) is 25.5 Å². The predicted octanol–water partition coefficient (Wildman–Crippen LogP) is 2.75. The first-order chi connectivity index (χ1) is 4.66. The van der Waals surface area contributed by atoms with Gasteiger partial charge in [-0.2, -0.15) is 0 Å². The highest BCUT2D eigenvalue weighted by atomic mass is 33.1. The van der Waals surface area contributed by atoms with Crippen LogP contribution >= 0.6 is 30.1 Å². The molecule has 0 saturated heterocycles. The van der Waals surface area contributed by atoms with Gasteiger partial charge in [0.15, 0.2) is 0 Å². The maximum Gasteiger partial charge on any atom is 0.708 e. The van der Waals surface area contributed by atoms with Crippen LogP contribution in [0, 0.1) is 0 Å². The molecule has 0 saturated carbocycles. The Morgan fingerprint density at radius 3 is 2.80 bits per heavy atom. The molecule has 0 amide bonds. The first-order valence-electron chi connectivity index (χ1n) is 2.83. The molecule has 0 heterocycles. The van der Waals surface area contributed by atoms with Crippen molar-refractivity contribution in [1.82, 2.24) is 0 Å². The van der Waals surface area contributed by atoms with Crippen LogP contribution in [0.5, 0.6) is 0 Å². The number of rotatable bonds is 5. The van der Waals surface area contributed by atoms with Crippen molar-refractivity contribution >= 4 is 30.1 Å². The summed E-state index contributed by atoms with van der Waals surface area (Å²) in [5.74, 6) is 0. The van der Waals surface area contributed by atoms with E-state index >= 15 is 0 Å². The molecular formula is C4H10O3PS2+. The van der Waals surface area contributed by atoms with Crippen molar-refractivity contribution in [2.75, 3.05) is 0 Å². The van der Waals surface area contributed by atoms with Gasteiger partial charge in [-0.3, -0.25) is 0 Å². The molecule has 2 unspecified atom stereocenters. The van der Waals surface area contributed by atoms with E-state index in [1.54, 1.807) is 0 Å². The van der Waals surface area contributed by atoms with Crippen LogP contribution in [0.3, 0.4) is 0 Å². The van der Waals surface area contributed by atoms with Gasteiger partial charge < -0.3 is 0 Å². The molecule has 10 heavy (non-hydrogen) atoms. The average Bonchev–Trinajstić information content (AvgIpc) is 1.87. The number of hydrogen-bond acceptors (Lipinski definition) is 4. The summed E-state index contributed by atoms with van der Waals surface area (Å²) in [5.41, 5.74) is 0. The van der Waals surface area contributed by atoms with E-state index < -0.39 is 8.25 Å².